The van der Waals surface area contributed by atoms with E-state index in [0.717, 1.165) is 0 Å². The first-order chi connectivity index (χ1) is 13.4. The lowest BCUT2D eigenvalue weighted by molar-refractivity contribution is -0.137. The molecule has 0 atom stereocenters. The molecule has 0 radical (unpaired) electrons. The number of amides is 3. The number of carbonyl (C=O) groups is 3. The number of hydrogen-bond acceptors (Lipinski definition) is 4. The van der Waals surface area contributed by atoms with E-state index in [-0.39, 0.29) is 12.5 Å². The third-order valence-electron chi connectivity index (χ3n) is 4.79. The van der Waals surface area contributed by atoms with E-state index in [1.807, 2.05) is 24.3 Å². The smallest absolute Gasteiger partial charge is 0.313 e. The van der Waals surface area contributed by atoms with E-state index in [4.69, 9.17) is 4.74 Å². The standard InChI is InChI=1S/C21H23N3O4/c1-14(25)23-17-8-5-9-18(10-17)24-20(27)19(26)22-13-21(28-2)11-15-6-3-4-7-16(15)12-21/h3-10H,11-13H2,1-2H3,(H,22,26)(H,23,25)(H,24,27). The Bertz CT molecular complexity index is 885. The molecule has 3 N–H and O–H groups in total. The first-order valence-corrected chi connectivity index (χ1v) is 8.99. The van der Waals surface area contributed by atoms with Crippen molar-refractivity contribution < 1.29 is 19.1 Å². The molecule has 0 saturated carbocycles. The van der Waals surface area contributed by atoms with Crippen LogP contribution in [-0.2, 0) is 32.0 Å². The number of carbonyl (C=O) groups excluding carboxylic acids is 3. The van der Waals surface area contributed by atoms with Gasteiger partial charge < -0.3 is 20.7 Å². The third kappa shape index (κ3) is 4.55. The maximum atomic E-state index is 12.2. The van der Waals surface area contributed by atoms with Crippen molar-refractivity contribution in [3.8, 4) is 0 Å². The molecule has 0 fully saturated rings. The molecular formula is C21H23N3O4. The predicted molar refractivity (Wildman–Crippen MR) is 106 cm³/mol. The van der Waals surface area contributed by atoms with Crippen LogP contribution in [-0.4, -0.2) is 37.0 Å². The maximum Gasteiger partial charge on any atom is 0.313 e. The summed E-state index contributed by atoms with van der Waals surface area (Å²) in [5.41, 5.74) is 2.79. The lowest BCUT2D eigenvalue weighted by atomic mass is 10.00. The SMILES string of the molecule is COC1(CNC(=O)C(=O)Nc2cccc(NC(C)=O)c2)Cc2ccccc2C1. The van der Waals surface area contributed by atoms with E-state index >= 15 is 0 Å². The van der Waals surface area contributed by atoms with Gasteiger partial charge in [-0.2, -0.15) is 0 Å². The van der Waals surface area contributed by atoms with Crippen LogP contribution in [0.3, 0.4) is 0 Å². The zero-order chi connectivity index (χ0) is 20.1. The van der Waals surface area contributed by atoms with E-state index in [0.29, 0.717) is 24.2 Å². The molecule has 0 aromatic heterocycles. The Hall–Kier alpha value is -3.19. The van der Waals surface area contributed by atoms with E-state index in [2.05, 4.69) is 16.0 Å². The first-order valence-electron chi connectivity index (χ1n) is 8.99. The molecule has 2 aromatic carbocycles. The Kier molecular flexibility index (Phi) is 5.75. The van der Waals surface area contributed by atoms with E-state index in [1.165, 1.54) is 18.1 Å². The summed E-state index contributed by atoms with van der Waals surface area (Å²) in [6, 6.07) is 14.6. The molecule has 3 rings (SSSR count). The fraction of sp³-hybridized carbons (Fsp3) is 0.286. The van der Waals surface area contributed by atoms with Crippen LogP contribution in [0.15, 0.2) is 48.5 Å². The Balaban J connectivity index is 1.57. The maximum absolute atomic E-state index is 12.2. The van der Waals surface area contributed by atoms with Crippen LogP contribution in [0.5, 0.6) is 0 Å². The second-order valence-corrected chi connectivity index (χ2v) is 6.91. The summed E-state index contributed by atoms with van der Waals surface area (Å²) in [4.78, 5) is 35.6. The zero-order valence-corrected chi connectivity index (χ0v) is 15.9. The fourth-order valence-corrected chi connectivity index (χ4v) is 3.39. The number of methoxy groups -OCH3 is 1. The van der Waals surface area contributed by atoms with Gasteiger partial charge in [-0.05, 0) is 29.3 Å². The highest BCUT2D eigenvalue weighted by molar-refractivity contribution is 6.39. The molecule has 1 aliphatic carbocycles. The van der Waals surface area contributed by atoms with Crippen LogP contribution in [0.2, 0.25) is 0 Å². The second kappa shape index (κ2) is 8.22. The van der Waals surface area contributed by atoms with Gasteiger partial charge in [-0.1, -0.05) is 30.3 Å². The summed E-state index contributed by atoms with van der Waals surface area (Å²) in [6.07, 6.45) is 1.36. The topological polar surface area (TPSA) is 96.5 Å². The number of ether oxygens (including phenoxy) is 1. The van der Waals surface area contributed by atoms with E-state index < -0.39 is 17.4 Å². The second-order valence-electron chi connectivity index (χ2n) is 6.91. The van der Waals surface area contributed by atoms with E-state index in [9.17, 15) is 14.4 Å². The van der Waals surface area contributed by atoms with Gasteiger partial charge in [0, 0.05) is 44.8 Å². The highest BCUT2D eigenvalue weighted by Crippen LogP contribution is 2.32. The van der Waals surface area contributed by atoms with Gasteiger partial charge in [0.1, 0.15) is 0 Å². The summed E-state index contributed by atoms with van der Waals surface area (Å²) >= 11 is 0. The monoisotopic (exact) mass is 381 g/mol. The molecule has 28 heavy (non-hydrogen) atoms. The van der Waals surface area contributed by atoms with Crippen molar-refractivity contribution in [1.82, 2.24) is 5.32 Å². The van der Waals surface area contributed by atoms with Crippen LogP contribution in [0.1, 0.15) is 18.1 Å². The summed E-state index contributed by atoms with van der Waals surface area (Å²) < 4.78 is 5.70. The molecule has 7 nitrogen and oxygen atoms in total. The quantitative estimate of drug-likeness (QED) is 0.689. The Labute approximate surface area is 163 Å². The number of fused-ring (bicyclic) bond motifs is 1. The molecule has 146 valence electrons. The minimum atomic E-state index is -0.776. The highest BCUT2D eigenvalue weighted by Gasteiger charge is 2.37. The van der Waals surface area contributed by atoms with Crippen LogP contribution >= 0.6 is 0 Å². The van der Waals surface area contributed by atoms with Crippen molar-refractivity contribution in [3.63, 3.8) is 0 Å². The number of benzene rings is 2. The molecule has 0 spiro atoms. The molecule has 0 saturated heterocycles. The number of hydrogen-bond donors (Lipinski definition) is 3. The van der Waals surface area contributed by atoms with Gasteiger partial charge in [-0.15, -0.1) is 0 Å². The van der Waals surface area contributed by atoms with Gasteiger partial charge in [0.25, 0.3) is 0 Å². The molecule has 7 heteroatoms. The van der Waals surface area contributed by atoms with Gasteiger partial charge >= 0.3 is 11.8 Å². The number of rotatable bonds is 5. The predicted octanol–water partition coefficient (Wildman–Crippen LogP) is 1.88. The van der Waals surface area contributed by atoms with Crippen molar-refractivity contribution in [2.75, 3.05) is 24.3 Å². The number of anilines is 2. The minimum absolute atomic E-state index is 0.219. The lowest BCUT2D eigenvalue weighted by Crippen LogP contribution is -2.48. The van der Waals surface area contributed by atoms with Gasteiger partial charge in [0.15, 0.2) is 0 Å². The van der Waals surface area contributed by atoms with Crippen molar-refractivity contribution in [2.24, 2.45) is 0 Å². The Morgan fingerprint density at radius 2 is 1.54 bits per heavy atom. The minimum Gasteiger partial charge on any atom is -0.376 e. The number of nitrogens with one attached hydrogen (secondary N) is 3. The first kappa shape index (κ1) is 19.6. The summed E-state index contributed by atoms with van der Waals surface area (Å²) in [7, 11) is 1.62. The van der Waals surface area contributed by atoms with Crippen LogP contribution in [0, 0.1) is 0 Å². The summed E-state index contributed by atoms with van der Waals surface area (Å²) in [6.45, 7) is 1.63. The molecular weight excluding hydrogens is 358 g/mol. The van der Waals surface area contributed by atoms with Crippen LogP contribution in [0.25, 0.3) is 0 Å². The van der Waals surface area contributed by atoms with Crippen LogP contribution in [0.4, 0.5) is 11.4 Å². The summed E-state index contributed by atoms with van der Waals surface area (Å²) in [5.74, 6) is -1.73. The third-order valence-corrected chi connectivity index (χ3v) is 4.79. The molecule has 1 aliphatic rings. The fourth-order valence-electron chi connectivity index (χ4n) is 3.39. The average molecular weight is 381 g/mol. The molecule has 2 aromatic rings. The summed E-state index contributed by atoms with van der Waals surface area (Å²) in [5, 5.41) is 7.83. The Morgan fingerprint density at radius 3 is 2.11 bits per heavy atom. The van der Waals surface area contributed by atoms with Crippen molar-refractivity contribution >= 4 is 29.1 Å². The highest BCUT2D eigenvalue weighted by atomic mass is 16.5. The molecule has 0 bridgehead atoms. The largest absolute Gasteiger partial charge is 0.376 e. The van der Waals surface area contributed by atoms with Gasteiger partial charge in [-0.25, -0.2) is 0 Å². The lowest BCUT2D eigenvalue weighted by Gasteiger charge is -2.27. The zero-order valence-electron chi connectivity index (χ0n) is 15.9. The van der Waals surface area contributed by atoms with E-state index in [1.54, 1.807) is 31.4 Å². The van der Waals surface area contributed by atoms with Crippen LogP contribution < -0.4 is 16.0 Å². The average Bonchev–Trinajstić information content (AvgIpc) is 3.05. The van der Waals surface area contributed by atoms with Gasteiger partial charge in [0.2, 0.25) is 5.91 Å². The van der Waals surface area contributed by atoms with Gasteiger partial charge in [-0.3, -0.25) is 14.4 Å². The molecule has 0 heterocycles. The molecule has 0 aliphatic heterocycles. The van der Waals surface area contributed by atoms with Crippen molar-refractivity contribution in [2.45, 2.75) is 25.4 Å². The van der Waals surface area contributed by atoms with Crippen molar-refractivity contribution in [1.29, 1.82) is 0 Å². The Morgan fingerprint density at radius 1 is 0.929 bits per heavy atom. The molecule has 0 unspecified atom stereocenters. The molecule has 3 amide bonds. The van der Waals surface area contributed by atoms with Gasteiger partial charge in [0.05, 0.1) is 5.60 Å². The van der Waals surface area contributed by atoms with Crippen molar-refractivity contribution in [3.05, 3.63) is 59.7 Å². The normalized spacial score (nSPS) is 14.1.